The Balaban J connectivity index is 1.16. The van der Waals surface area contributed by atoms with Gasteiger partial charge in [-0.25, -0.2) is 14.1 Å². The molecule has 5 rings (SSSR count). The molecule has 8 atom stereocenters. The first kappa shape index (κ1) is 35.3. The number of hydrogen-bond donors (Lipinski definition) is 13. The molecule has 27 heteroatoms. The van der Waals surface area contributed by atoms with Crippen LogP contribution < -0.4 is 33.2 Å². The van der Waals surface area contributed by atoms with Crippen molar-refractivity contribution in [2.24, 2.45) is 0 Å². The standard InChI is InChI=1S/C20H28N10O13P2S2/c21-19-26-14-8(16(34)28-19)25-5(1-23-14)12(46)13(47)6(31)2-40-44(36,37)43-45(38,39)41-3-7-10(32)11(33)18(42-7)30-4-24-9-15(30)27-20(22)29-17(9)35/h4-7,10-11,18,25,31-33,46-47H,1-3H2,(H,36,37)(H,38,39)(H3,22,27,29,35)(H4,21,23,26,28,34)/b13-12-/t5-,6-,7-,10-,11-,18-/m1/s1. The minimum atomic E-state index is -5.41. The molecule has 2 unspecified atom stereocenters. The first-order valence-corrected chi connectivity index (χ1v) is 16.9. The SMILES string of the molecule is Nc1nc2c(c(=O)[nH]1)N[C@@H](/C(S)=C(/S)[C@H](O)COP(=O)(O)OP(=O)(O)OC[C@H]1O[C@@H](n3cnc4c(=O)[nH]c(N)nc43)[C@H](O)[C@@H]1O)CN2. The molecule has 5 heterocycles. The summed E-state index contributed by atoms with van der Waals surface area (Å²) in [6, 6.07) is -0.724. The molecule has 1 fully saturated rings. The lowest BCUT2D eigenvalue weighted by molar-refractivity contribution is -0.0504. The first-order chi connectivity index (χ1) is 22.0. The van der Waals surface area contributed by atoms with Crippen LogP contribution in [-0.2, 0) is 27.2 Å². The van der Waals surface area contributed by atoms with E-state index < -0.39 is 76.7 Å². The van der Waals surface area contributed by atoms with E-state index in [1.165, 1.54) is 0 Å². The lowest BCUT2D eigenvalue weighted by Crippen LogP contribution is -2.38. The van der Waals surface area contributed by atoms with Gasteiger partial charge >= 0.3 is 15.6 Å². The molecule has 2 aliphatic heterocycles. The van der Waals surface area contributed by atoms with Crippen LogP contribution in [0, 0.1) is 0 Å². The molecule has 1 saturated heterocycles. The topological polar surface area (TPSA) is 358 Å². The fourth-order valence-electron chi connectivity index (χ4n) is 4.51. The van der Waals surface area contributed by atoms with Gasteiger partial charge in [0.25, 0.3) is 11.1 Å². The van der Waals surface area contributed by atoms with Gasteiger partial charge in [0.2, 0.25) is 11.9 Å². The number of nitrogens with one attached hydrogen (secondary N) is 4. The van der Waals surface area contributed by atoms with Crippen molar-refractivity contribution in [3.8, 4) is 0 Å². The van der Waals surface area contributed by atoms with Crippen LogP contribution in [0.4, 0.5) is 23.4 Å². The van der Waals surface area contributed by atoms with Gasteiger partial charge in [-0.2, -0.15) is 14.3 Å². The number of thiol groups is 2. The van der Waals surface area contributed by atoms with Gasteiger partial charge in [0, 0.05) is 16.4 Å². The number of phosphoric acid groups is 2. The third kappa shape index (κ3) is 7.67. The maximum absolute atomic E-state index is 12.4. The van der Waals surface area contributed by atoms with Crippen molar-refractivity contribution in [2.45, 2.75) is 36.7 Å². The Morgan fingerprint density at radius 1 is 1.09 bits per heavy atom. The number of anilines is 4. The summed E-state index contributed by atoms with van der Waals surface area (Å²) in [5.74, 6) is -0.197. The highest BCUT2D eigenvalue weighted by atomic mass is 32.1. The van der Waals surface area contributed by atoms with Crippen LogP contribution in [0.3, 0.4) is 0 Å². The average molecular weight is 743 g/mol. The van der Waals surface area contributed by atoms with Crippen LogP contribution in [-0.4, -0.2) is 105 Å². The van der Waals surface area contributed by atoms with Gasteiger partial charge in [0.1, 0.15) is 30.1 Å². The smallest absolute Gasteiger partial charge is 0.387 e. The van der Waals surface area contributed by atoms with Crippen molar-refractivity contribution in [3.05, 3.63) is 36.8 Å². The second-order valence-electron chi connectivity index (χ2n) is 9.97. The number of nitrogens with zero attached hydrogens (tertiary/aromatic N) is 4. The summed E-state index contributed by atoms with van der Waals surface area (Å²) in [6.07, 6.45) is -6.93. The van der Waals surface area contributed by atoms with Crippen LogP contribution in [0.5, 0.6) is 0 Å². The summed E-state index contributed by atoms with van der Waals surface area (Å²) in [5.41, 5.74) is 9.60. The molecule has 0 bridgehead atoms. The van der Waals surface area contributed by atoms with Crippen molar-refractivity contribution >= 4 is 75.5 Å². The van der Waals surface area contributed by atoms with Gasteiger partial charge in [-0.3, -0.25) is 33.2 Å². The number of ether oxygens (including phenoxy) is 1. The highest BCUT2D eigenvalue weighted by Crippen LogP contribution is 2.60. The lowest BCUT2D eigenvalue weighted by Gasteiger charge is -2.28. The Kier molecular flexibility index (Phi) is 10.1. The number of H-pyrrole nitrogens is 2. The molecule has 0 amide bonds. The predicted octanol–water partition coefficient (Wildman–Crippen LogP) is -2.42. The molecule has 0 saturated carbocycles. The van der Waals surface area contributed by atoms with E-state index in [0.717, 1.165) is 10.9 Å². The highest BCUT2D eigenvalue weighted by molar-refractivity contribution is 7.88. The van der Waals surface area contributed by atoms with Gasteiger partial charge < -0.3 is 51.9 Å². The molecule has 0 spiro atoms. The van der Waals surface area contributed by atoms with Gasteiger partial charge in [-0.05, 0) is 0 Å². The van der Waals surface area contributed by atoms with E-state index in [1.54, 1.807) is 0 Å². The normalized spacial score (nSPS) is 26.4. The van der Waals surface area contributed by atoms with Crippen LogP contribution >= 0.6 is 40.9 Å². The van der Waals surface area contributed by atoms with Crippen molar-refractivity contribution < 1.29 is 52.3 Å². The maximum atomic E-state index is 12.4. The zero-order valence-electron chi connectivity index (χ0n) is 23.4. The Bertz CT molecular complexity index is 1920. The highest BCUT2D eigenvalue weighted by Gasteiger charge is 2.46. The number of aromatic nitrogens is 6. The lowest BCUT2D eigenvalue weighted by atomic mass is 10.1. The predicted molar refractivity (Wildman–Crippen MR) is 167 cm³/mol. The zero-order chi connectivity index (χ0) is 34.4. The third-order valence-corrected chi connectivity index (χ3v) is 10.6. The summed E-state index contributed by atoms with van der Waals surface area (Å²) in [5, 5.41) is 37.1. The van der Waals surface area contributed by atoms with Crippen molar-refractivity contribution in [2.75, 3.05) is 41.9 Å². The number of hydrogen-bond acceptors (Lipinski definition) is 20. The molecule has 258 valence electrons. The number of nitrogen functional groups attached to an aromatic ring is 2. The van der Waals surface area contributed by atoms with Crippen molar-refractivity contribution in [1.82, 2.24) is 29.5 Å². The summed E-state index contributed by atoms with van der Waals surface area (Å²) >= 11 is 8.47. The van der Waals surface area contributed by atoms with Crippen molar-refractivity contribution in [3.63, 3.8) is 0 Å². The van der Waals surface area contributed by atoms with Crippen molar-refractivity contribution in [1.29, 1.82) is 0 Å². The number of rotatable bonds is 11. The second kappa shape index (κ2) is 13.5. The fraction of sp³-hybridized carbons (Fsp3) is 0.450. The number of aliphatic hydroxyl groups excluding tert-OH is 3. The van der Waals surface area contributed by atoms with Gasteiger partial charge in [0.05, 0.1) is 25.6 Å². The first-order valence-electron chi connectivity index (χ1n) is 13.1. The van der Waals surface area contributed by atoms with E-state index >= 15 is 0 Å². The Morgan fingerprint density at radius 2 is 1.74 bits per heavy atom. The average Bonchev–Trinajstić information content (AvgIpc) is 3.53. The van der Waals surface area contributed by atoms with Gasteiger partial charge in [0.15, 0.2) is 23.2 Å². The zero-order valence-corrected chi connectivity index (χ0v) is 27.0. The number of aromatic amines is 2. The Labute approximate surface area is 272 Å². The quantitative estimate of drug-likeness (QED) is 0.0717. The molecule has 3 aromatic rings. The Hall–Kier alpha value is -3.03. The largest absolute Gasteiger partial charge is 0.481 e. The molecule has 0 aliphatic carbocycles. The molecule has 23 nitrogen and oxygen atoms in total. The monoisotopic (exact) mass is 742 g/mol. The maximum Gasteiger partial charge on any atom is 0.481 e. The minimum Gasteiger partial charge on any atom is -0.387 e. The second-order valence-corrected chi connectivity index (χ2v) is 14.0. The minimum absolute atomic E-state index is 0.0374. The number of fused-ring (bicyclic) bond motifs is 2. The van der Waals surface area contributed by atoms with Crippen LogP contribution in [0.25, 0.3) is 11.2 Å². The molecule has 47 heavy (non-hydrogen) atoms. The van der Waals surface area contributed by atoms with Crippen LogP contribution in [0.15, 0.2) is 25.7 Å². The van der Waals surface area contributed by atoms with E-state index in [-0.39, 0.29) is 50.9 Å². The van der Waals surface area contributed by atoms with Crippen LogP contribution in [0.2, 0.25) is 0 Å². The molecular weight excluding hydrogens is 714 g/mol. The van der Waals surface area contributed by atoms with E-state index in [1.807, 2.05) is 0 Å². The van der Waals surface area contributed by atoms with Crippen LogP contribution in [0.1, 0.15) is 6.23 Å². The summed E-state index contributed by atoms with van der Waals surface area (Å²) in [4.78, 5) is 60.5. The fourth-order valence-corrected chi connectivity index (χ4v) is 7.13. The molecule has 3 aromatic heterocycles. The third-order valence-electron chi connectivity index (χ3n) is 6.70. The molecule has 0 radical (unpaired) electrons. The van der Waals surface area contributed by atoms with Gasteiger partial charge in [-0.1, -0.05) is 0 Å². The van der Waals surface area contributed by atoms with E-state index in [4.69, 9.17) is 16.2 Å². The number of phosphoric ester groups is 2. The Morgan fingerprint density at radius 3 is 2.47 bits per heavy atom. The number of aliphatic hydroxyl groups is 3. The molecule has 13 N–H and O–H groups in total. The number of nitrogens with two attached hydrogens (primary N) is 2. The molecular formula is C20H28N10O13P2S2. The van der Waals surface area contributed by atoms with E-state index in [9.17, 15) is 43.8 Å². The number of imidazole rings is 1. The molecule has 0 aromatic carbocycles. The van der Waals surface area contributed by atoms with E-state index in [2.05, 4.69) is 74.2 Å². The summed E-state index contributed by atoms with van der Waals surface area (Å²) in [7, 11) is -10.8. The van der Waals surface area contributed by atoms with E-state index in [0.29, 0.717) is 0 Å². The summed E-state index contributed by atoms with van der Waals surface area (Å²) in [6.45, 7) is -1.81. The summed E-state index contributed by atoms with van der Waals surface area (Å²) < 4.78 is 45.0. The van der Waals surface area contributed by atoms with Gasteiger partial charge in [-0.15, -0.1) is 25.3 Å². The molecule has 2 aliphatic rings.